The van der Waals surface area contributed by atoms with Crippen LogP contribution in [0.5, 0.6) is 0 Å². The lowest BCUT2D eigenvalue weighted by Crippen LogP contribution is -2.25. The number of hydrogen-bond acceptors (Lipinski definition) is 3. The Kier molecular flexibility index (Phi) is 6.11. The molecule has 0 aliphatic carbocycles. The maximum Gasteiger partial charge on any atom is 0.194 e. The topological polar surface area (TPSA) is 41.5 Å². The SMILES string of the molecule is CC(C)COCC(O)CNc1cc(F)c(F)c(F)c1. The molecule has 0 fully saturated rings. The Bertz CT molecular complexity index is 390. The van der Waals surface area contributed by atoms with Crippen molar-refractivity contribution in [2.45, 2.75) is 20.0 Å². The largest absolute Gasteiger partial charge is 0.389 e. The van der Waals surface area contributed by atoms with Crippen molar-refractivity contribution in [2.75, 3.05) is 25.1 Å². The summed E-state index contributed by atoms with van der Waals surface area (Å²) in [4.78, 5) is 0. The van der Waals surface area contributed by atoms with E-state index in [1.54, 1.807) is 0 Å². The van der Waals surface area contributed by atoms with E-state index in [1.807, 2.05) is 13.8 Å². The van der Waals surface area contributed by atoms with Crippen LogP contribution >= 0.6 is 0 Å². The molecule has 2 N–H and O–H groups in total. The molecular weight excluding hydrogens is 259 g/mol. The van der Waals surface area contributed by atoms with Gasteiger partial charge in [-0.15, -0.1) is 0 Å². The van der Waals surface area contributed by atoms with E-state index in [2.05, 4.69) is 5.32 Å². The van der Waals surface area contributed by atoms with Crippen LogP contribution in [0, 0.1) is 23.4 Å². The maximum absolute atomic E-state index is 12.9. The van der Waals surface area contributed by atoms with E-state index >= 15 is 0 Å². The smallest absolute Gasteiger partial charge is 0.194 e. The summed E-state index contributed by atoms with van der Waals surface area (Å²) in [5, 5.41) is 12.2. The number of rotatable bonds is 7. The molecule has 0 saturated heterocycles. The number of benzene rings is 1. The van der Waals surface area contributed by atoms with E-state index in [-0.39, 0.29) is 18.8 Å². The molecule has 108 valence electrons. The van der Waals surface area contributed by atoms with Gasteiger partial charge in [0.2, 0.25) is 0 Å². The van der Waals surface area contributed by atoms with Crippen LogP contribution in [0.2, 0.25) is 0 Å². The highest BCUT2D eigenvalue weighted by atomic mass is 19.2. The molecule has 0 amide bonds. The number of aliphatic hydroxyl groups excluding tert-OH is 1. The van der Waals surface area contributed by atoms with E-state index in [1.165, 1.54) is 0 Å². The average molecular weight is 277 g/mol. The van der Waals surface area contributed by atoms with Gasteiger partial charge in [0.25, 0.3) is 0 Å². The first-order valence-corrected chi connectivity index (χ1v) is 6.04. The summed E-state index contributed by atoms with van der Waals surface area (Å²) in [7, 11) is 0. The van der Waals surface area contributed by atoms with Gasteiger partial charge in [-0.05, 0) is 5.92 Å². The Morgan fingerprint density at radius 3 is 2.26 bits per heavy atom. The number of ether oxygens (including phenoxy) is 1. The fraction of sp³-hybridized carbons (Fsp3) is 0.538. The number of aliphatic hydroxyl groups is 1. The summed E-state index contributed by atoms with van der Waals surface area (Å²) in [6, 6.07) is 1.67. The zero-order valence-corrected chi connectivity index (χ0v) is 10.9. The van der Waals surface area contributed by atoms with Crippen molar-refractivity contribution in [1.29, 1.82) is 0 Å². The fourth-order valence-corrected chi connectivity index (χ4v) is 1.39. The first kappa shape index (κ1) is 15.8. The molecule has 0 bridgehead atoms. The number of anilines is 1. The van der Waals surface area contributed by atoms with Crippen LogP contribution in [0.4, 0.5) is 18.9 Å². The van der Waals surface area contributed by atoms with Crippen LogP contribution in [0.3, 0.4) is 0 Å². The van der Waals surface area contributed by atoms with Crippen molar-refractivity contribution in [2.24, 2.45) is 5.92 Å². The second-order valence-electron chi connectivity index (χ2n) is 4.72. The summed E-state index contributed by atoms with van der Waals surface area (Å²) in [6.45, 7) is 4.67. The minimum absolute atomic E-state index is 0.0581. The first-order valence-electron chi connectivity index (χ1n) is 6.04. The van der Waals surface area contributed by atoms with Crippen LogP contribution in [0.25, 0.3) is 0 Å². The highest BCUT2D eigenvalue weighted by Crippen LogP contribution is 2.17. The second kappa shape index (κ2) is 7.35. The van der Waals surface area contributed by atoms with Crippen molar-refractivity contribution in [1.82, 2.24) is 0 Å². The van der Waals surface area contributed by atoms with Crippen LogP contribution in [-0.4, -0.2) is 31.0 Å². The molecule has 1 aromatic rings. The predicted octanol–water partition coefficient (Wildman–Crippen LogP) is 2.55. The Morgan fingerprint density at radius 2 is 1.74 bits per heavy atom. The molecule has 19 heavy (non-hydrogen) atoms. The molecule has 0 radical (unpaired) electrons. The molecule has 3 nitrogen and oxygen atoms in total. The van der Waals surface area contributed by atoms with Gasteiger partial charge < -0.3 is 15.2 Å². The zero-order valence-electron chi connectivity index (χ0n) is 10.9. The summed E-state index contributed by atoms with van der Waals surface area (Å²) in [5.41, 5.74) is 0.0688. The highest BCUT2D eigenvalue weighted by molar-refractivity contribution is 5.44. The van der Waals surface area contributed by atoms with Gasteiger partial charge >= 0.3 is 0 Å². The molecule has 0 spiro atoms. The normalized spacial score (nSPS) is 12.8. The maximum atomic E-state index is 12.9. The molecule has 1 aromatic carbocycles. The van der Waals surface area contributed by atoms with E-state index in [0.29, 0.717) is 12.5 Å². The van der Waals surface area contributed by atoms with Crippen molar-refractivity contribution < 1.29 is 23.0 Å². The molecular formula is C13H18F3NO2. The lowest BCUT2D eigenvalue weighted by Gasteiger charge is -2.14. The Morgan fingerprint density at radius 1 is 1.16 bits per heavy atom. The van der Waals surface area contributed by atoms with Crippen LogP contribution in [0.15, 0.2) is 12.1 Å². The number of hydrogen-bond donors (Lipinski definition) is 2. The summed E-state index contributed by atoms with van der Waals surface area (Å²) < 4.78 is 43.7. The standard InChI is InChI=1S/C13H18F3NO2/c1-8(2)6-19-7-10(18)5-17-9-3-11(14)13(16)12(15)4-9/h3-4,8,10,17-18H,5-7H2,1-2H3. The quantitative estimate of drug-likeness (QED) is 0.753. The Balaban J connectivity index is 2.40. The summed E-state index contributed by atoms with van der Waals surface area (Å²) >= 11 is 0. The summed E-state index contributed by atoms with van der Waals surface area (Å²) in [5.74, 6) is -3.69. The molecule has 0 heterocycles. The van der Waals surface area contributed by atoms with Gasteiger partial charge in [0.1, 0.15) is 0 Å². The first-order chi connectivity index (χ1) is 8.90. The Labute approximate surface area is 110 Å². The molecule has 0 saturated carbocycles. The van der Waals surface area contributed by atoms with Gasteiger partial charge in [-0.1, -0.05) is 13.8 Å². The molecule has 1 unspecified atom stereocenters. The minimum atomic E-state index is -1.51. The highest BCUT2D eigenvalue weighted by Gasteiger charge is 2.11. The van der Waals surface area contributed by atoms with Crippen molar-refractivity contribution >= 4 is 5.69 Å². The van der Waals surface area contributed by atoms with Gasteiger partial charge in [-0.3, -0.25) is 0 Å². The lowest BCUT2D eigenvalue weighted by molar-refractivity contribution is 0.0318. The van der Waals surface area contributed by atoms with Crippen LogP contribution in [0.1, 0.15) is 13.8 Å². The van der Waals surface area contributed by atoms with Gasteiger partial charge in [-0.25, -0.2) is 13.2 Å². The Hall–Kier alpha value is -1.27. The van der Waals surface area contributed by atoms with E-state index in [0.717, 1.165) is 12.1 Å². The molecule has 6 heteroatoms. The van der Waals surface area contributed by atoms with E-state index < -0.39 is 23.6 Å². The molecule has 0 aromatic heterocycles. The second-order valence-corrected chi connectivity index (χ2v) is 4.72. The van der Waals surface area contributed by atoms with Gasteiger partial charge in [0.15, 0.2) is 17.5 Å². The third-order valence-electron chi connectivity index (χ3n) is 2.29. The third kappa shape index (κ3) is 5.48. The monoisotopic (exact) mass is 277 g/mol. The average Bonchev–Trinajstić information content (AvgIpc) is 2.32. The predicted molar refractivity (Wildman–Crippen MR) is 66.5 cm³/mol. The van der Waals surface area contributed by atoms with E-state index in [9.17, 15) is 18.3 Å². The summed E-state index contributed by atoms with van der Waals surface area (Å²) in [6.07, 6.45) is -0.810. The van der Waals surface area contributed by atoms with E-state index in [4.69, 9.17) is 4.74 Å². The van der Waals surface area contributed by atoms with Crippen molar-refractivity contribution in [3.05, 3.63) is 29.6 Å². The van der Waals surface area contributed by atoms with Crippen molar-refractivity contribution in [3.8, 4) is 0 Å². The van der Waals surface area contributed by atoms with Gasteiger partial charge in [-0.2, -0.15) is 0 Å². The number of halogens is 3. The molecule has 1 rings (SSSR count). The molecule has 0 aliphatic heterocycles. The zero-order chi connectivity index (χ0) is 14.4. The number of nitrogens with one attached hydrogen (secondary N) is 1. The minimum Gasteiger partial charge on any atom is -0.389 e. The van der Waals surface area contributed by atoms with Gasteiger partial charge in [0.05, 0.1) is 12.7 Å². The van der Waals surface area contributed by atoms with Crippen LogP contribution < -0.4 is 5.32 Å². The van der Waals surface area contributed by atoms with Crippen molar-refractivity contribution in [3.63, 3.8) is 0 Å². The fourth-order valence-electron chi connectivity index (χ4n) is 1.39. The molecule has 0 aliphatic rings. The van der Waals surface area contributed by atoms with Crippen LogP contribution in [-0.2, 0) is 4.74 Å². The molecule has 1 atom stereocenters. The van der Waals surface area contributed by atoms with Gasteiger partial charge in [0, 0.05) is 31.0 Å². The lowest BCUT2D eigenvalue weighted by atomic mass is 10.2. The third-order valence-corrected chi connectivity index (χ3v) is 2.29.